The number of pyridine rings is 1. The molecule has 2 rings (SSSR count). The minimum absolute atomic E-state index is 0.0330. The lowest BCUT2D eigenvalue weighted by molar-refractivity contribution is 0.0525. The number of fused-ring (bicyclic) bond motifs is 1. The molecular formula is C18H26N4O2. The van der Waals surface area contributed by atoms with Gasteiger partial charge in [0.25, 0.3) is 0 Å². The van der Waals surface area contributed by atoms with Crippen LogP contribution in [0.5, 0.6) is 0 Å². The monoisotopic (exact) mass is 330 g/mol. The van der Waals surface area contributed by atoms with Crippen LogP contribution in [0.1, 0.15) is 34.1 Å². The number of hydrogen-bond donors (Lipinski definition) is 3. The molecule has 4 N–H and O–H groups in total. The summed E-state index contributed by atoms with van der Waals surface area (Å²) in [5.41, 5.74) is 7.89. The van der Waals surface area contributed by atoms with Gasteiger partial charge in [0.15, 0.2) is 0 Å². The Morgan fingerprint density at radius 1 is 1.33 bits per heavy atom. The Labute approximate surface area is 142 Å². The van der Waals surface area contributed by atoms with E-state index in [-0.39, 0.29) is 6.04 Å². The fourth-order valence-corrected chi connectivity index (χ4v) is 2.34. The number of para-hydroxylation sites is 1. The summed E-state index contributed by atoms with van der Waals surface area (Å²) < 4.78 is 5.26. The summed E-state index contributed by atoms with van der Waals surface area (Å²) in [6.45, 7) is 8.01. The third-order valence-corrected chi connectivity index (χ3v) is 3.54. The minimum atomic E-state index is -0.509. The van der Waals surface area contributed by atoms with Gasteiger partial charge in [0.05, 0.1) is 23.1 Å². The molecule has 0 saturated carbocycles. The predicted molar refractivity (Wildman–Crippen MR) is 98.1 cm³/mol. The van der Waals surface area contributed by atoms with Crippen molar-refractivity contribution in [3.8, 4) is 0 Å². The van der Waals surface area contributed by atoms with Crippen LogP contribution >= 0.6 is 0 Å². The van der Waals surface area contributed by atoms with Crippen LogP contribution in [-0.2, 0) is 4.74 Å². The van der Waals surface area contributed by atoms with E-state index >= 15 is 0 Å². The summed E-state index contributed by atoms with van der Waals surface area (Å²) >= 11 is 0. The highest BCUT2D eigenvalue weighted by Gasteiger charge is 2.18. The van der Waals surface area contributed by atoms with Crippen LogP contribution in [0.2, 0.25) is 0 Å². The zero-order chi connectivity index (χ0) is 17.7. The molecule has 0 fully saturated rings. The van der Waals surface area contributed by atoms with E-state index in [1.165, 1.54) is 0 Å². The highest BCUT2D eigenvalue weighted by molar-refractivity contribution is 5.96. The van der Waals surface area contributed by atoms with Gasteiger partial charge in [-0.25, -0.2) is 4.79 Å². The highest BCUT2D eigenvalue weighted by atomic mass is 16.6. The molecule has 1 aromatic carbocycles. The van der Waals surface area contributed by atoms with E-state index in [2.05, 4.69) is 15.6 Å². The van der Waals surface area contributed by atoms with Crippen LogP contribution in [0.4, 0.5) is 16.2 Å². The molecule has 1 aromatic heterocycles. The fourth-order valence-electron chi connectivity index (χ4n) is 2.34. The molecule has 6 nitrogen and oxygen atoms in total. The quantitative estimate of drug-likeness (QED) is 0.780. The van der Waals surface area contributed by atoms with Crippen LogP contribution < -0.4 is 16.4 Å². The molecule has 6 heteroatoms. The molecule has 0 radical (unpaired) electrons. The fraction of sp³-hybridized carbons (Fsp3) is 0.444. The second-order valence-corrected chi connectivity index (χ2v) is 6.74. The van der Waals surface area contributed by atoms with Crippen LogP contribution in [0.25, 0.3) is 10.9 Å². The van der Waals surface area contributed by atoms with E-state index in [1.807, 2.05) is 52.0 Å². The third-order valence-electron chi connectivity index (χ3n) is 3.54. The molecule has 0 spiro atoms. The van der Waals surface area contributed by atoms with Gasteiger partial charge in [-0.1, -0.05) is 25.1 Å². The van der Waals surface area contributed by atoms with Gasteiger partial charge in [0, 0.05) is 18.0 Å². The van der Waals surface area contributed by atoms with Gasteiger partial charge in [0.1, 0.15) is 5.60 Å². The molecule has 0 saturated heterocycles. The maximum Gasteiger partial charge on any atom is 0.407 e. The summed E-state index contributed by atoms with van der Waals surface area (Å²) in [6, 6.07) is 7.85. The number of nitrogens with one attached hydrogen (secondary N) is 2. The van der Waals surface area contributed by atoms with Gasteiger partial charge in [0.2, 0.25) is 0 Å². The zero-order valence-corrected chi connectivity index (χ0v) is 14.7. The number of anilines is 2. The topological polar surface area (TPSA) is 89.3 Å². The maximum absolute atomic E-state index is 11.8. The van der Waals surface area contributed by atoms with Crippen LogP contribution in [-0.4, -0.2) is 29.3 Å². The van der Waals surface area contributed by atoms with Crippen molar-refractivity contribution >= 4 is 28.4 Å². The van der Waals surface area contributed by atoms with Crippen molar-refractivity contribution in [2.24, 2.45) is 0 Å². The Bertz CT molecular complexity index is 710. The number of benzene rings is 1. The Kier molecular flexibility index (Phi) is 5.49. The van der Waals surface area contributed by atoms with Gasteiger partial charge < -0.3 is 21.1 Å². The third kappa shape index (κ3) is 4.75. The first-order chi connectivity index (χ1) is 11.3. The van der Waals surface area contributed by atoms with Crippen molar-refractivity contribution in [3.05, 3.63) is 30.5 Å². The van der Waals surface area contributed by atoms with Crippen molar-refractivity contribution in [3.63, 3.8) is 0 Å². The summed E-state index contributed by atoms with van der Waals surface area (Å²) in [5, 5.41) is 7.19. The Morgan fingerprint density at radius 2 is 2.04 bits per heavy atom. The summed E-state index contributed by atoms with van der Waals surface area (Å²) in [5.74, 6) is 0. The van der Waals surface area contributed by atoms with Crippen LogP contribution in [0.3, 0.4) is 0 Å². The zero-order valence-electron chi connectivity index (χ0n) is 14.7. The van der Waals surface area contributed by atoms with E-state index < -0.39 is 11.7 Å². The number of nitrogen functional groups attached to an aromatic ring is 1. The minimum Gasteiger partial charge on any atom is -0.444 e. The van der Waals surface area contributed by atoms with E-state index in [0.717, 1.165) is 23.0 Å². The Hall–Kier alpha value is -2.50. The number of rotatable bonds is 5. The molecule has 0 aliphatic carbocycles. The van der Waals surface area contributed by atoms with E-state index in [9.17, 15) is 4.79 Å². The Balaban J connectivity index is 2.08. The van der Waals surface area contributed by atoms with Crippen molar-refractivity contribution in [2.75, 3.05) is 17.6 Å². The molecule has 130 valence electrons. The molecule has 0 aliphatic rings. The van der Waals surface area contributed by atoms with Gasteiger partial charge >= 0.3 is 6.09 Å². The van der Waals surface area contributed by atoms with Gasteiger partial charge in [-0.05, 0) is 33.3 Å². The summed E-state index contributed by atoms with van der Waals surface area (Å²) in [4.78, 5) is 16.1. The Morgan fingerprint density at radius 3 is 2.71 bits per heavy atom. The number of ether oxygens (including phenoxy) is 1. The number of carbonyl (C=O) groups excluding carboxylic acids is 1. The lowest BCUT2D eigenvalue weighted by Gasteiger charge is -2.23. The van der Waals surface area contributed by atoms with Gasteiger partial charge in [-0.2, -0.15) is 0 Å². The van der Waals surface area contributed by atoms with E-state index in [1.54, 1.807) is 6.20 Å². The average Bonchev–Trinajstić information content (AvgIpc) is 2.51. The molecule has 2 aromatic rings. The second-order valence-electron chi connectivity index (χ2n) is 6.74. The average molecular weight is 330 g/mol. The lowest BCUT2D eigenvalue weighted by Crippen LogP contribution is -2.39. The largest absolute Gasteiger partial charge is 0.444 e. The number of nitrogens with two attached hydrogens (primary N) is 1. The first-order valence-corrected chi connectivity index (χ1v) is 8.16. The molecule has 1 unspecified atom stereocenters. The normalized spacial score (nSPS) is 12.7. The number of amides is 1. The first-order valence-electron chi connectivity index (χ1n) is 8.16. The first kappa shape index (κ1) is 17.8. The maximum atomic E-state index is 11.8. The highest BCUT2D eigenvalue weighted by Crippen LogP contribution is 2.28. The number of nitrogens with zero attached hydrogens (tertiary/aromatic N) is 1. The van der Waals surface area contributed by atoms with E-state index in [0.29, 0.717) is 12.2 Å². The summed E-state index contributed by atoms with van der Waals surface area (Å²) in [6.07, 6.45) is 2.06. The number of aromatic nitrogens is 1. The predicted octanol–water partition coefficient (Wildman–Crippen LogP) is 3.53. The van der Waals surface area contributed by atoms with Crippen molar-refractivity contribution < 1.29 is 9.53 Å². The molecule has 1 amide bonds. The van der Waals surface area contributed by atoms with Crippen LogP contribution in [0.15, 0.2) is 30.5 Å². The number of hydrogen-bond acceptors (Lipinski definition) is 5. The van der Waals surface area contributed by atoms with Crippen molar-refractivity contribution in [2.45, 2.75) is 45.8 Å². The molecule has 0 aliphatic heterocycles. The number of alkyl carbamates (subject to hydrolysis) is 1. The van der Waals surface area contributed by atoms with Gasteiger partial charge in [-0.3, -0.25) is 4.98 Å². The van der Waals surface area contributed by atoms with Gasteiger partial charge in [-0.15, -0.1) is 0 Å². The smallest absolute Gasteiger partial charge is 0.407 e. The van der Waals surface area contributed by atoms with Crippen molar-refractivity contribution in [1.82, 2.24) is 10.3 Å². The summed E-state index contributed by atoms with van der Waals surface area (Å²) in [7, 11) is 0. The van der Waals surface area contributed by atoms with Crippen LogP contribution in [0, 0.1) is 0 Å². The molecule has 0 bridgehead atoms. The molecular weight excluding hydrogens is 304 g/mol. The molecule has 1 heterocycles. The number of carbonyl (C=O) groups is 1. The molecule has 1 atom stereocenters. The molecule has 24 heavy (non-hydrogen) atoms. The standard InChI is InChI=1S/C18H26N4O2/c1-5-12(10-21-17(23)24-18(2,3)4)22-16-13-8-6-7-9-15(13)20-11-14(16)19/h6-9,11-12H,5,10,19H2,1-4H3,(H,20,22)(H,21,23). The van der Waals surface area contributed by atoms with E-state index in [4.69, 9.17) is 10.5 Å². The lowest BCUT2D eigenvalue weighted by atomic mass is 10.1. The SMILES string of the molecule is CCC(CNC(=O)OC(C)(C)C)Nc1c(N)cnc2ccccc12. The second kappa shape index (κ2) is 7.38. The van der Waals surface area contributed by atoms with Crippen molar-refractivity contribution in [1.29, 1.82) is 0 Å².